The Labute approximate surface area is 246 Å². The van der Waals surface area contributed by atoms with Crippen LogP contribution in [-0.4, -0.2) is 20.6 Å². The van der Waals surface area contributed by atoms with Crippen molar-refractivity contribution in [3.05, 3.63) is 126 Å². The smallest absolute Gasteiger partial charge is 0.308 e. The van der Waals surface area contributed by atoms with Gasteiger partial charge in [0, 0.05) is 40.3 Å². The third kappa shape index (κ3) is 5.39. The third-order valence-corrected chi connectivity index (χ3v) is 7.66. The van der Waals surface area contributed by atoms with Crippen molar-refractivity contribution in [2.24, 2.45) is 0 Å². The number of carbonyl (C=O) groups excluding carboxylic acids is 1. The van der Waals surface area contributed by atoms with Crippen LogP contribution in [-0.2, 0) is 6.42 Å². The number of nitrogens with one attached hydrogen (secondary N) is 2. The molecule has 0 fully saturated rings. The van der Waals surface area contributed by atoms with E-state index in [9.17, 15) is 4.79 Å². The van der Waals surface area contributed by atoms with E-state index >= 15 is 0 Å². The van der Waals surface area contributed by atoms with E-state index in [1.807, 2.05) is 56.3 Å². The van der Waals surface area contributed by atoms with Gasteiger partial charge in [0.25, 0.3) is 0 Å². The Morgan fingerprint density at radius 1 is 0.762 bits per heavy atom. The molecule has 6 aromatic rings. The molecule has 0 saturated heterocycles. The Morgan fingerprint density at radius 2 is 1.48 bits per heavy atom. The van der Waals surface area contributed by atoms with E-state index in [1.165, 1.54) is 5.56 Å². The molecule has 2 amide bonds. The van der Waals surface area contributed by atoms with Gasteiger partial charge in [-0.1, -0.05) is 79.2 Å². The molecular formula is C36H33N5O. The molecule has 0 atom stereocenters. The number of amides is 2. The zero-order chi connectivity index (χ0) is 29.2. The quantitative estimate of drug-likeness (QED) is 0.217. The number of aryl methyl sites for hydroxylation is 4. The van der Waals surface area contributed by atoms with Crippen LogP contribution in [0.3, 0.4) is 0 Å². The first-order valence-corrected chi connectivity index (χ1v) is 14.2. The highest BCUT2D eigenvalue weighted by Gasteiger charge is 2.15. The molecule has 2 aromatic heterocycles. The first-order valence-electron chi connectivity index (χ1n) is 14.2. The summed E-state index contributed by atoms with van der Waals surface area (Å²) >= 11 is 0. The Balaban J connectivity index is 1.38. The highest BCUT2D eigenvalue weighted by atomic mass is 16.2. The maximum Gasteiger partial charge on any atom is 0.323 e. The van der Waals surface area contributed by atoms with Crippen LogP contribution in [0, 0.1) is 20.8 Å². The lowest BCUT2D eigenvalue weighted by atomic mass is 10.00. The van der Waals surface area contributed by atoms with Crippen molar-refractivity contribution in [2.45, 2.75) is 34.1 Å². The number of benzene rings is 4. The first kappa shape index (κ1) is 27.0. The minimum atomic E-state index is -0.271. The van der Waals surface area contributed by atoms with Crippen LogP contribution in [0.15, 0.2) is 104 Å². The number of anilines is 2. The van der Waals surface area contributed by atoms with Gasteiger partial charge in [-0.25, -0.2) is 14.8 Å². The number of hydrogen-bond acceptors (Lipinski definition) is 3. The summed E-state index contributed by atoms with van der Waals surface area (Å²) in [5.41, 5.74) is 11.2. The number of hydrogen-bond donors (Lipinski definition) is 2. The first-order chi connectivity index (χ1) is 20.4. The van der Waals surface area contributed by atoms with Gasteiger partial charge in [-0.15, -0.1) is 0 Å². The van der Waals surface area contributed by atoms with Crippen molar-refractivity contribution < 1.29 is 4.79 Å². The van der Waals surface area contributed by atoms with Gasteiger partial charge in [0.05, 0.1) is 5.52 Å². The van der Waals surface area contributed by atoms with Gasteiger partial charge in [0.2, 0.25) is 0 Å². The van der Waals surface area contributed by atoms with E-state index < -0.39 is 0 Å². The lowest BCUT2D eigenvalue weighted by Gasteiger charge is -2.13. The molecule has 0 unspecified atom stereocenters. The molecule has 6 heteroatoms. The summed E-state index contributed by atoms with van der Waals surface area (Å²) in [6, 6.07) is 30.8. The summed E-state index contributed by atoms with van der Waals surface area (Å²) in [7, 11) is 0. The van der Waals surface area contributed by atoms with Gasteiger partial charge < -0.3 is 15.2 Å². The van der Waals surface area contributed by atoms with Crippen molar-refractivity contribution in [2.75, 3.05) is 10.6 Å². The van der Waals surface area contributed by atoms with Crippen LogP contribution < -0.4 is 10.6 Å². The van der Waals surface area contributed by atoms with Gasteiger partial charge >= 0.3 is 6.03 Å². The second-order valence-corrected chi connectivity index (χ2v) is 10.7. The zero-order valence-corrected chi connectivity index (χ0v) is 24.3. The van der Waals surface area contributed by atoms with E-state index in [2.05, 4.69) is 93.7 Å². The van der Waals surface area contributed by atoms with Crippen LogP contribution in [0.25, 0.3) is 39.0 Å². The number of fused-ring (bicyclic) bond motifs is 1. The van der Waals surface area contributed by atoms with Crippen LogP contribution in [0.2, 0.25) is 0 Å². The third-order valence-electron chi connectivity index (χ3n) is 7.66. The fraction of sp³-hybridized carbons (Fsp3) is 0.139. The molecule has 0 radical (unpaired) electrons. The highest BCUT2D eigenvalue weighted by molar-refractivity contribution is 6.02. The monoisotopic (exact) mass is 551 g/mol. The largest absolute Gasteiger partial charge is 0.323 e. The molecule has 0 aliphatic carbocycles. The van der Waals surface area contributed by atoms with Crippen molar-refractivity contribution in [1.29, 1.82) is 0 Å². The van der Waals surface area contributed by atoms with Crippen molar-refractivity contribution >= 4 is 28.3 Å². The summed E-state index contributed by atoms with van der Waals surface area (Å²) in [6.07, 6.45) is 4.63. The van der Waals surface area contributed by atoms with Crippen LogP contribution in [0.1, 0.15) is 29.3 Å². The molecular weight excluding hydrogens is 518 g/mol. The summed E-state index contributed by atoms with van der Waals surface area (Å²) in [5.74, 6) is 0.834. The van der Waals surface area contributed by atoms with Crippen LogP contribution >= 0.6 is 0 Å². The fourth-order valence-corrected chi connectivity index (χ4v) is 5.33. The second-order valence-electron chi connectivity index (χ2n) is 10.7. The normalized spacial score (nSPS) is 11.0. The van der Waals surface area contributed by atoms with Gasteiger partial charge in [0.1, 0.15) is 12.1 Å². The molecule has 0 bridgehead atoms. The van der Waals surface area contributed by atoms with E-state index in [4.69, 9.17) is 0 Å². The fourth-order valence-electron chi connectivity index (χ4n) is 5.33. The second kappa shape index (κ2) is 11.3. The number of urea groups is 1. The molecule has 2 N–H and O–H groups in total. The summed E-state index contributed by atoms with van der Waals surface area (Å²) in [5, 5.41) is 7.14. The Morgan fingerprint density at radius 3 is 2.24 bits per heavy atom. The summed E-state index contributed by atoms with van der Waals surface area (Å²) in [6.45, 7) is 8.18. The molecule has 0 spiro atoms. The lowest BCUT2D eigenvalue weighted by Crippen LogP contribution is -2.20. The standard InChI is InChI=1S/C36H33N5O/c1-5-29-20-34(38-22-37-29)41-21-32(26-14-12-23(2)13-15-26)31-17-16-28(19-33(31)41)27-10-7-11-30(18-27)39-36(42)40-35-24(3)8-6-9-25(35)4/h6-22H,5H2,1-4H3,(H2,39,40,42). The SMILES string of the molecule is CCc1cc(-n2cc(-c3ccc(C)cc3)c3ccc(-c4cccc(NC(=O)Nc5c(C)cccc5C)c4)cc32)ncn1. The number of para-hydroxylation sites is 1. The lowest BCUT2D eigenvalue weighted by molar-refractivity contribution is 0.262. The molecule has 208 valence electrons. The average Bonchev–Trinajstić information content (AvgIpc) is 3.38. The molecule has 0 saturated carbocycles. The number of carbonyl (C=O) groups is 1. The minimum absolute atomic E-state index is 0.271. The summed E-state index contributed by atoms with van der Waals surface area (Å²) < 4.78 is 2.15. The maximum atomic E-state index is 12.9. The Bertz CT molecular complexity index is 1900. The molecule has 0 aliphatic heterocycles. The van der Waals surface area contributed by atoms with Crippen LogP contribution in [0.4, 0.5) is 16.2 Å². The van der Waals surface area contributed by atoms with Gasteiger partial charge in [-0.05, 0) is 73.2 Å². The van der Waals surface area contributed by atoms with E-state index in [0.717, 1.165) is 73.6 Å². The van der Waals surface area contributed by atoms with Crippen molar-refractivity contribution in [1.82, 2.24) is 14.5 Å². The number of nitrogens with zero attached hydrogens (tertiary/aromatic N) is 3. The molecule has 2 heterocycles. The topological polar surface area (TPSA) is 71.8 Å². The average molecular weight is 552 g/mol. The number of aromatic nitrogens is 3. The molecule has 6 rings (SSSR count). The Hall–Kier alpha value is -5.23. The number of rotatable bonds is 6. The van der Waals surface area contributed by atoms with Crippen molar-refractivity contribution in [3.8, 4) is 28.1 Å². The van der Waals surface area contributed by atoms with Gasteiger partial charge in [-0.3, -0.25) is 0 Å². The molecule has 6 nitrogen and oxygen atoms in total. The van der Waals surface area contributed by atoms with Crippen LogP contribution in [0.5, 0.6) is 0 Å². The van der Waals surface area contributed by atoms with Crippen molar-refractivity contribution in [3.63, 3.8) is 0 Å². The Kier molecular flexibility index (Phi) is 7.28. The van der Waals surface area contributed by atoms with E-state index in [-0.39, 0.29) is 6.03 Å². The molecule has 42 heavy (non-hydrogen) atoms. The predicted molar refractivity (Wildman–Crippen MR) is 172 cm³/mol. The van der Waals surface area contributed by atoms with Gasteiger partial charge in [-0.2, -0.15) is 0 Å². The zero-order valence-electron chi connectivity index (χ0n) is 24.3. The predicted octanol–water partition coefficient (Wildman–Crippen LogP) is 8.89. The molecule has 0 aliphatic rings. The summed E-state index contributed by atoms with van der Waals surface area (Å²) in [4.78, 5) is 21.9. The highest BCUT2D eigenvalue weighted by Crippen LogP contribution is 2.35. The van der Waals surface area contributed by atoms with E-state index in [1.54, 1.807) is 6.33 Å². The molecule has 4 aromatic carbocycles. The minimum Gasteiger partial charge on any atom is -0.308 e. The maximum absolute atomic E-state index is 12.9. The van der Waals surface area contributed by atoms with Gasteiger partial charge in [0.15, 0.2) is 0 Å². The van der Waals surface area contributed by atoms with E-state index in [0.29, 0.717) is 0 Å².